The van der Waals surface area contributed by atoms with Gasteiger partial charge in [0.05, 0.1) is 11.6 Å². The minimum atomic E-state index is -3.71. The number of benzene rings is 1. The van der Waals surface area contributed by atoms with Crippen LogP contribution in [0.25, 0.3) is 0 Å². The molecule has 10 heteroatoms. The molecule has 1 heterocycles. The van der Waals surface area contributed by atoms with Gasteiger partial charge in [0.2, 0.25) is 10.0 Å². The first kappa shape index (κ1) is 20.3. The van der Waals surface area contributed by atoms with Crippen molar-refractivity contribution in [1.29, 1.82) is 0 Å². The lowest BCUT2D eigenvalue weighted by Crippen LogP contribution is -2.33. The summed E-state index contributed by atoms with van der Waals surface area (Å²) in [6.45, 7) is 2.76. The Kier molecular flexibility index (Phi) is 8.38. The summed E-state index contributed by atoms with van der Waals surface area (Å²) >= 11 is 6.04. The Labute approximate surface area is 147 Å². The van der Waals surface area contributed by atoms with E-state index in [2.05, 4.69) is 10.0 Å². The van der Waals surface area contributed by atoms with Crippen LogP contribution in [0.2, 0.25) is 5.02 Å². The van der Waals surface area contributed by atoms with Crippen molar-refractivity contribution in [2.45, 2.75) is 4.90 Å². The Bertz CT molecular complexity index is 613. The number of nitrogens with one attached hydrogen (secondary N) is 2. The number of halogens is 2. The van der Waals surface area contributed by atoms with Crippen LogP contribution < -0.4 is 19.5 Å². The lowest BCUT2D eigenvalue weighted by atomic mass is 10.3. The van der Waals surface area contributed by atoms with E-state index in [4.69, 9.17) is 25.8 Å². The highest BCUT2D eigenvalue weighted by Gasteiger charge is 2.22. The molecule has 0 saturated heterocycles. The van der Waals surface area contributed by atoms with Crippen LogP contribution in [0.15, 0.2) is 17.0 Å². The van der Waals surface area contributed by atoms with E-state index < -0.39 is 10.0 Å². The summed E-state index contributed by atoms with van der Waals surface area (Å²) in [6.07, 6.45) is 0. The summed E-state index contributed by atoms with van der Waals surface area (Å²) in [5, 5.41) is 3.15. The van der Waals surface area contributed by atoms with Gasteiger partial charge < -0.3 is 19.5 Å². The first-order chi connectivity index (χ1) is 10.5. The van der Waals surface area contributed by atoms with E-state index in [1.54, 1.807) is 7.11 Å². The molecular weight excluding hydrogens is 367 g/mol. The van der Waals surface area contributed by atoms with Gasteiger partial charge in [-0.05, 0) is 0 Å². The SMILES string of the molecule is COCCNCCNS(=O)(=O)c1cc2c(cc1Cl)OCCO2.Cl. The van der Waals surface area contributed by atoms with Crippen molar-refractivity contribution in [2.24, 2.45) is 0 Å². The van der Waals surface area contributed by atoms with E-state index in [1.165, 1.54) is 12.1 Å². The molecule has 1 aromatic rings. The van der Waals surface area contributed by atoms with E-state index >= 15 is 0 Å². The fourth-order valence-corrected chi connectivity index (χ4v) is 3.46. The van der Waals surface area contributed by atoms with Crippen LogP contribution in [0.1, 0.15) is 0 Å². The standard InChI is InChI=1S/C13H19ClN2O5S.ClH/c1-19-5-4-15-2-3-16-22(17,18)13-9-12-11(8-10(13)14)20-6-7-21-12;/h8-9,15-16H,2-7H2,1H3;1H. The van der Waals surface area contributed by atoms with Gasteiger partial charge in [0.25, 0.3) is 0 Å². The molecule has 0 fully saturated rings. The lowest BCUT2D eigenvalue weighted by molar-refractivity contribution is 0.171. The van der Waals surface area contributed by atoms with Crippen LogP contribution in [0.3, 0.4) is 0 Å². The molecule has 0 spiro atoms. The number of rotatable bonds is 8. The Balaban J connectivity index is 0.00000264. The molecule has 7 nitrogen and oxygen atoms in total. The molecule has 2 N–H and O–H groups in total. The zero-order valence-electron chi connectivity index (χ0n) is 12.6. The number of methoxy groups -OCH3 is 1. The average molecular weight is 387 g/mol. The molecule has 0 radical (unpaired) electrons. The quantitative estimate of drug-likeness (QED) is 0.649. The summed E-state index contributed by atoms with van der Waals surface area (Å²) in [5.41, 5.74) is 0. The van der Waals surface area contributed by atoms with Crippen LogP contribution >= 0.6 is 24.0 Å². The molecule has 0 amide bonds. The van der Waals surface area contributed by atoms with Crippen molar-refractivity contribution in [3.63, 3.8) is 0 Å². The van der Waals surface area contributed by atoms with Crippen LogP contribution in [-0.2, 0) is 14.8 Å². The van der Waals surface area contributed by atoms with Gasteiger partial charge in [-0.25, -0.2) is 13.1 Å². The van der Waals surface area contributed by atoms with Gasteiger partial charge in [0, 0.05) is 38.9 Å². The van der Waals surface area contributed by atoms with Crippen LogP contribution in [0.5, 0.6) is 11.5 Å². The van der Waals surface area contributed by atoms with Gasteiger partial charge >= 0.3 is 0 Å². The van der Waals surface area contributed by atoms with Gasteiger partial charge in [-0.3, -0.25) is 0 Å². The third kappa shape index (κ3) is 5.66. The van der Waals surface area contributed by atoms with Crippen molar-refractivity contribution in [3.05, 3.63) is 17.2 Å². The van der Waals surface area contributed by atoms with E-state index in [0.29, 0.717) is 44.4 Å². The summed E-state index contributed by atoms with van der Waals surface area (Å²) in [4.78, 5) is -0.0182. The zero-order valence-corrected chi connectivity index (χ0v) is 15.0. The fraction of sp³-hybridized carbons (Fsp3) is 0.538. The van der Waals surface area contributed by atoms with Crippen molar-refractivity contribution in [2.75, 3.05) is 46.6 Å². The van der Waals surface area contributed by atoms with Gasteiger partial charge in [0.15, 0.2) is 11.5 Å². The van der Waals surface area contributed by atoms with Gasteiger partial charge in [-0.1, -0.05) is 11.6 Å². The molecule has 1 aromatic carbocycles. The van der Waals surface area contributed by atoms with Crippen molar-refractivity contribution in [3.8, 4) is 11.5 Å². The van der Waals surface area contributed by atoms with Gasteiger partial charge in [0.1, 0.15) is 18.1 Å². The molecule has 132 valence electrons. The molecule has 0 aliphatic carbocycles. The third-order valence-electron chi connectivity index (χ3n) is 2.96. The molecular formula is C13H20Cl2N2O5S. The smallest absolute Gasteiger partial charge is 0.242 e. The first-order valence-electron chi connectivity index (χ1n) is 6.83. The molecule has 1 aliphatic heterocycles. The minimum Gasteiger partial charge on any atom is -0.486 e. The van der Waals surface area contributed by atoms with E-state index in [1.807, 2.05) is 0 Å². The second-order valence-corrected chi connectivity index (χ2v) is 6.71. The number of sulfonamides is 1. The first-order valence-corrected chi connectivity index (χ1v) is 8.69. The normalized spacial score (nSPS) is 13.5. The lowest BCUT2D eigenvalue weighted by Gasteiger charge is -2.19. The molecule has 1 aliphatic rings. The average Bonchev–Trinajstić information content (AvgIpc) is 2.50. The maximum atomic E-state index is 12.3. The zero-order chi connectivity index (χ0) is 16.0. The molecule has 0 bridgehead atoms. The third-order valence-corrected chi connectivity index (χ3v) is 4.89. The Hall–Kier alpha value is -0.770. The van der Waals surface area contributed by atoms with Crippen LogP contribution in [0.4, 0.5) is 0 Å². The maximum absolute atomic E-state index is 12.3. The predicted octanol–water partition coefficient (Wildman–Crippen LogP) is 1.05. The molecule has 0 saturated carbocycles. The summed E-state index contributed by atoms with van der Waals surface area (Å²) in [5.74, 6) is 0.839. The molecule has 23 heavy (non-hydrogen) atoms. The highest BCUT2D eigenvalue weighted by Crippen LogP contribution is 2.37. The number of hydrogen-bond acceptors (Lipinski definition) is 6. The number of hydrogen-bond donors (Lipinski definition) is 2. The molecule has 2 rings (SSSR count). The highest BCUT2D eigenvalue weighted by atomic mass is 35.5. The summed E-state index contributed by atoms with van der Waals surface area (Å²) < 4.78 is 42.7. The number of fused-ring (bicyclic) bond motifs is 1. The number of ether oxygens (including phenoxy) is 3. The minimum absolute atomic E-state index is 0. The van der Waals surface area contributed by atoms with E-state index in [9.17, 15) is 8.42 Å². The maximum Gasteiger partial charge on any atom is 0.242 e. The summed E-state index contributed by atoms with van der Waals surface area (Å²) in [6, 6.07) is 2.85. The Morgan fingerprint density at radius 2 is 1.83 bits per heavy atom. The Morgan fingerprint density at radius 1 is 1.17 bits per heavy atom. The molecule has 0 atom stereocenters. The largest absolute Gasteiger partial charge is 0.486 e. The van der Waals surface area contributed by atoms with Gasteiger partial charge in [-0.2, -0.15) is 0 Å². The van der Waals surface area contributed by atoms with Crippen molar-refractivity contribution in [1.82, 2.24) is 10.0 Å². The monoisotopic (exact) mass is 386 g/mol. The second kappa shape index (κ2) is 9.51. The van der Waals surface area contributed by atoms with Crippen LogP contribution in [-0.4, -0.2) is 55.0 Å². The highest BCUT2D eigenvalue weighted by molar-refractivity contribution is 7.89. The van der Waals surface area contributed by atoms with E-state index in [0.717, 1.165) is 0 Å². The van der Waals surface area contributed by atoms with Crippen molar-refractivity contribution >= 4 is 34.0 Å². The fourth-order valence-electron chi connectivity index (χ4n) is 1.90. The Morgan fingerprint density at radius 3 is 2.48 bits per heavy atom. The topological polar surface area (TPSA) is 85.9 Å². The van der Waals surface area contributed by atoms with Crippen LogP contribution in [0, 0.1) is 0 Å². The second-order valence-electron chi connectivity index (χ2n) is 4.57. The van der Waals surface area contributed by atoms with Crippen molar-refractivity contribution < 1.29 is 22.6 Å². The van der Waals surface area contributed by atoms with E-state index in [-0.39, 0.29) is 28.9 Å². The molecule has 0 unspecified atom stereocenters. The summed E-state index contributed by atoms with van der Waals surface area (Å²) in [7, 11) is -2.10. The van der Waals surface area contributed by atoms with Gasteiger partial charge in [-0.15, -0.1) is 12.4 Å². The predicted molar refractivity (Wildman–Crippen MR) is 89.6 cm³/mol. The molecule has 0 aromatic heterocycles.